The number of benzene rings is 1. The second-order valence-corrected chi connectivity index (χ2v) is 6.60. The van der Waals surface area contributed by atoms with Crippen LogP contribution in [0.15, 0.2) is 18.2 Å². The SMILES string of the molecule is CC(C)N(C)S(=O)(=O)NCc1nc2ccc(F)cc2[nH]1. The molecule has 20 heavy (non-hydrogen) atoms. The molecule has 0 saturated heterocycles. The first-order valence-electron chi connectivity index (χ1n) is 6.16. The average Bonchev–Trinajstić information content (AvgIpc) is 2.77. The molecular weight excluding hydrogens is 283 g/mol. The number of nitrogens with zero attached hydrogens (tertiary/aromatic N) is 2. The minimum Gasteiger partial charge on any atom is -0.341 e. The Labute approximate surface area is 117 Å². The van der Waals surface area contributed by atoms with E-state index in [1.165, 1.54) is 23.5 Å². The van der Waals surface area contributed by atoms with Gasteiger partial charge in [-0.15, -0.1) is 0 Å². The lowest BCUT2D eigenvalue weighted by Crippen LogP contribution is -2.41. The van der Waals surface area contributed by atoms with Crippen molar-refractivity contribution >= 4 is 21.2 Å². The third-order valence-electron chi connectivity index (χ3n) is 3.02. The summed E-state index contributed by atoms with van der Waals surface area (Å²) in [7, 11) is -2.05. The fourth-order valence-corrected chi connectivity index (χ4v) is 2.74. The van der Waals surface area contributed by atoms with Gasteiger partial charge in [0, 0.05) is 13.1 Å². The number of aromatic nitrogens is 2. The minimum atomic E-state index is -3.55. The van der Waals surface area contributed by atoms with Crippen molar-refractivity contribution in [2.45, 2.75) is 26.4 Å². The number of fused-ring (bicyclic) bond motifs is 1. The Bertz CT molecular complexity index is 711. The Morgan fingerprint density at radius 3 is 2.80 bits per heavy atom. The van der Waals surface area contributed by atoms with Gasteiger partial charge in [0.2, 0.25) is 0 Å². The number of aromatic amines is 1. The van der Waals surface area contributed by atoms with E-state index in [1.807, 2.05) is 0 Å². The molecule has 0 amide bonds. The molecule has 0 bridgehead atoms. The summed E-state index contributed by atoms with van der Waals surface area (Å²) in [6.07, 6.45) is 0. The van der Waals surface area contributed by atoms with E-state index in [1.54, 1.807) is 19.9 Å². The standard InChI is InChI=1S/C12H17FN4O2S/c1-8(2)17(3)20(18,19)14-7-12-15-10-5-4-9(13)6-11(10)16-12/h4-6,8,14H,7H2,1-3H3,(H,15,16). The van der Waals surface area contributed by atoms with Gasteiger partial charge < -0.3 is 4.98 Å². The highest BCUT2D eigenvalue weighted by molar-refractivity contribution is 7.87. The summed E-state index contributed by atoms with van der Waals surface area (Å²) in [5.41, 5.74) is 1.13. The van der Waals surface area contributed by atoms with Gasteiger partial charge in [-0.1, -0.05) is 0 Å². The van der Waals surface area contributed by atoms with E-state index in [2.05, 4.69) is 14.7 Å². The molecule has 1 aromatic heterocycles. The maximum atomic E-state index is 13.0. The molecule has 0 unspecified atom stereocenters. The molecule has 0 aliphatic carbocycles. The highest BCUT2D eigenvalue weighted by atomic mass is 32.2. The molecule has 0 fully saturated rings. The van der Waals surface area contributed by atoms with Crippen LogP contribution in [0.3, 0.4) is 0 Å². The monoisotopic (exact) mass is 300 g/mol. The summed E-state index contributed by atoms with van der Waals surface area (Å²) in [5, 5.41) is 0. The van der Waals surface area contributed by atoms with Crippen molar-refractivity contribution in [2.24, 2.45) is 0 Å². The summed E-state index contributed by atoms with van der Waals surface area (Å²) in [4.78, 5) is 7.07. The van der Waals surface area contributed by atoms with E-state index >= 15 is 0 Å². The van der Waals surface area contributed by atoms with Crippen LogP contribution in [0.4, 0.5) is 4.39 Å². The van der Waals surface area contributed by atoms with Gasteiger partial charge in [0.15, 0.2) is 0 Å². The molecule has 2 rings (SSSR count). The van der Waals surface area contributed by atoms with Gasteiger partial charge in [0.25, 0.3) is 10.2 Å². The van der Waals surface area contributed by atoms with Gasteiger partial charge in [-0.25, -0.2) is 9.37 Å². The third-order valence-corrected chi connectivity index (χ3v) is 4.71. The third kappa shape index (κ3) is 3.14. The van der Waals surface area contributed by atoms with Crippen LogP contribution < -0.4 is 4.72 Å². The first-order valence-corrected chi connectivity index (χ1v) is 7.60. The molecule has 2 N–H and O–H groups in total. The molecule has 0 radical (unpaired) electrons. The largest absolute Gasteiger partial charge is 0.341 e. The lowest BCUT2D eigenvalue weighted by atomic mass is 10.3. The van der Waals surface area contributed by atoms with Gasteiger partial charge in [-0.3, -0.25) is 0 Å². The molecule has 0 aliphatic heterocycles. The Hall–Kier alpha value is -1.51. The van der Waals surface area contributed by atoms with Crippen molar-refractivity contribution < 1.29 is 12.8 Å². The van der Waals surface area contributed by atoms with E-state index < -0.39 is 10.2 Å². The highest BCUT2D eigenvalue weighted by Crippen LogP contribution is 2.13. The van der Waals surface area contributed by atoms with Crippen LogP contribution in [-0.2, 0) is 16.8 Å². The van der Waals surface area contributed by atoms with Crippen molar-refractivity contribution in [2.75, 3.05) is 7.05 Å². The number of halogens is 1. The zero-order chi connectivity index (χ0) is 14.9. The van der Waals surface area contributed by atoms with Crippen LogP contribution in [0.2, 0.25) is 0 Å². The Morgan fingerprint density at radius 2 is 2.15 bits per heavy atom. The van der Waals surface area contributed by atoms with E-state index in [0.717, 1.165) is 0 Å². The predicted molar refractivity (Wildman–Crippen MR) is 74.7 cm³/mol. The van der Waals surface area contributed by atoms with Crippen molar-refractivity contribution in [3.8, 4) is 0 Å². The van der Waals surface area contributed by atoms with Crippen LogP contribution in [-0.4, -0.2) is 35.8 Å². The molecule has 8 heteroatoms. The smallest absolute Gasteiger partial charge is 0.279 e. The van der Waals surface area contributed by atoms with Crippen LogP contribution in [0.25, 0.3) is 11.0 Å². The summed E-state index contributed by atoms with van der Waals surface area (Å²) in [6, 6.07) is 4.03. The fraction of sp³-hybridized carbons (Fsp3) is 0.417. The van der Waals surface area contributed by atoms with Crippen molar-refractivity contribution in [3.63, 3.8) is 0 Å². The first kappa shape index (κ1) is 14.9. The molecule has 2 aromatic rings. The topological polar surface area (TPSA) is 78.1 Å². The van der Waals surface area contributed by atoms with Crippen LogP contribution in [0.5, 0.6) is 0 Å². The van der Waals surface area contributed by atoms with E-state index in [0.29, 0.717) is 16.9 Å². The van der Waals surface area contributed by atoms with Gasteiger partial charge in [0.05, 0.1) is 17.6 Å². The number of imidazole rings is 1. The summed E-state index contributed by atoms with van der Waals surface area (Å²) < 4.78 is 40.6. The highest BCUT2D eigenvalue weighted by Gasteiger charge is 2.20. The second kappa shape index (κ2) is 5.47. The predicted octanol–water partition coefficient (Wildman–Crippen LogP) is 1.38. The normalized spacial score (nSPS) is 12.7. The quantitative estimate of drug-likeness (QED) is 0.875. The van der Waals surface area contributed by atoms with Crippen LogP contribution >= 0.6 is 0 Å². The zero-order valence-corrected chi connectivity index (χ0v) is 12.3. The van der Waals surface area contributed by atoms with E-state index in [9.17, 15) is 12.8 Å². The maximum absolute atomic E-state index is 13.0. The number of hydrogen-bond acceptors (Lipinski definition) is 3. The second-order valence-electron chi connectivity index (χ2n) is 4.78. The van der Waals surface area contributed by atoms with Crippen molar-refractivity contribution in [1.29, 1.82) is 0 Å². The summed E-state index contributed by atoms with van der Waals surface area (Å²) in [5.74, 6) is 0.0687. The Kier molecular flexibility index (Phi) is 4.07. The molecule has 0 aliphatic rings. The van der Waals surface area contributed by atoms with E-state index in [4.69, 9.17) is 0 Å². The lowest BCUT2D eigenvalue weighted by Gasteiger charge is -2.20. The van der Waals surface area contributed by atoms with Gasteiger partial charge in [0.1, 0.15) is 11.6 Å². The van der Waals surface area contributed by atoms with Gasteiger partial charge in [-0.2, -0.15) is 17.4 Å². The van der Waals surface area contributed by atoms with Gasteiger partial charge >= 0.3 is 0 Å². The Balaban J connectivity index is 2.13. The van der Waals surface area contributed by atoms with Crippen LogP contribution in [0.1, 0.15) is 19.7 Å². The minimum absolute atomic E-state index is 0.0235. The maximum Gasteiger partial charge on any atom is 0.279 e. The van der Waals surface area contributed by atoms with E-state index in [-0.39, 0.29) is 18.4 Å². The number of hydrogen-bond donors (Lipinski definition) is 2. The molecular formula is C12H17FN4O2S. The molecule has 1 heterocycles. The summed E-state index contributed by atoms with van der Waals surface area (Å²) >= 11 is 0. The molecule has 0 saturated carbocycles. The number of H-pyrrole nitrogens is 1. The fourth-order valence-electron chi connectivity index (χ4n) is 1.66. The van der Waals surface area contributed by atoms with Crippen molar-refractivity contribution in [1.82, 2.24) is 19.0 Å². The zero-order valence-electron chi connectivity index (χ0n) is 11.5. The molecule has 0 spiro atoms. The number of nitrogens with one attached hydrogen (secondary N) is 2. The molecule has 110 valence electrons. The molecule has 6 nitrogen and oxygen atoms in total. The molecule has 1 aromatic carbocycles. The van der Waals surface area contributed by atoms with Gasteiger partial charge in [-0.05, 0) is 32.0 Å². The Morgan fingerprint density at radius 1 is 1.45 bits per heavy atom. The average molecular weight is 300 g/mol. The van der Waals surface area contributed by atoms with Crippen molar-refractivity contribution in [3.05, 3.63) is 29.8 Å². The lowest BCUT2D eigenvalue weighted by molar-refractivity contribution is 0.402. The summed E-state index contributed by atoms with van der Waals surface area (Å²) in [6.45, 7) is 3.59. The first-order chi connectivity index (χ1) is 9.29. The number of rotatable bonds is 5. The molecule has 0 atom stereocenters. The van der Waals surface area contributed by atoms with Crippen LogP contribution in [0, 0.1) is 5.82 Å².